The van der Waals surface area contributed by atoms with Crippen LogP contribution in [0.4, 0.5) is 5.69 Å². The number of non-ortho nitro benzene ring substituents is 1. The SMILES string of the molecule is CCOc1cc(/C=N/NC(=O)C2CC(C(C)(C)C)NN2)ccc1OC(=O)c1ccc([N+](=O)[O-])cc1. The van der Waals surface area contributed by atoms with Crippen LogP contribution in [0.1, 0.15) is 50.0 Å². The van der Waals surface area contributed by atoms with E-state index in [1.807, 2.05) is 0 Å². The van der Waals surface area contributed by atoms with E-state index >= 15 is 0 Å². The number of hydrazone groups is 1. The Morgan fingerprint density at radius 2 is 1.89 bits per heavy atom. The number of nitro groups is 1. The molecule has 0 aliphatic carbocycles. The fourth-order valence-corrected chi connectivity index (χ4v) is 3.38. The zero-order valence-corrected chi connectivity index (χ0v) is 20.0. The topological polar surface area (TPSA) is 144 Å². The van der Waals surface area contributed by atoms with Gasteiger partial charge in [0.2, 0.25) is 0 Å². The lowest BCUT2D eigenvalue weighted by atomic mass is 9.84. The number of hydrazine groups is 1. The molecule has 2 atom stereocenters. The van der Waals surface area contributed by atoms with Crippen LogP contribution >= 0.6 is 0 Å². The minimum Gasteiger partial charge on any atom is -0.490 e. The summed E-state index contributed by atoms with van der Waals surface area (Å²) in [6, 6.07) is 9.71. The van der Waals surface area contributed by atoms with Crippen LogP contribution in [0, 0.1) is 15.5 Å². The summed E-state index contributed by atoms with van der Waals surface area (Å²) in [4.78, 5) is 35.1. The van der Waals surface area contributed by atoms with Gasteiger partial charge in [0.05, 0.1) is 23.3 Å². The average Bonchev–Trinajstić information content (AvgIpc) is 3.32. The van der Waals surface area contributed by atoms with Gasteiger partial charge in [0, 0.05) is 18.2 Å². The zero-order chi connectivity index (χ0) is 25.6. The van der Waals surface area contributed by atoms with Crippen molar-refractivity contribution in [2.45, 2.75) is 46.2 Å². The Labute approximate surface area is 203 Å². The summed E-state index contributed by atoms with van der Waals surface area (Å²) in [5.74, 6) is -0.432. The molecule has 1 aliphatic rings. The molecule has 186 valence electrons. The van der Waals surface area contributed by atoms with E-state index in [0.717, 1.165) is 0 Å². The zero-order valence-electron chi connectivity index (χ0n) is 20.0. The van der Waals surface area contributed by atoms with Crippen molar-refractivity contribution in [1.29, 1.82) is 0 Å². The van der Waals surface area contributed by atoms with Crippen molar-refractivity contribution in [3.63, 3.8) is 0 Å². The quantitative estimate of drug-likeness (QED) is 0.171. The van der Waals surface area contributed by atoms with Crippen molar-refractivity contribution in [2.24, 2.45) is 10.5 Å². The fourth-order valence-electron chi connectivity index (χ4n) is 3.38. The molecular formula is C24H29N5O6. The molecule has 3 N–H and O–H groups in total. The molecule has 1 heterocycles. The molecule has 0 bridgehead atoms. The molecule has 3 rings (SSSR count). The van der Waals surface area contributed by atoms with Gasteiger partial charge < -0.3 is 9.47 Å². The minimum atomic E-state index is -0.680. The monoisotopic (exact) mass is 483 g/mol. The van der Waals surface area contributed by atoms with Gasteiger partial charge in [-0.3, -0.25) is 20.3 Å². The van der Waals surface area contributed by atoms with Crippen LogP contribution in [0.25, 0.3) is 0 Å². The van der Waals surface area contributed by atoms with E-state index in [4.69, 9.17) is 9.47 Å². The van der Waals surface area contributed by atoms with Crippen LogP contribution in [0.15, 0.2) is 47.6 Å². The number of carbonyl (C=O) groups is 2. The molecule has 35 heavy (non-hydrogen) atoms. The number of ether oxygens (including phenoxy) is 2. The van der Waals surface area contributed by atoms with Crippen molar-refractivity contribution in [3.05, 3.63) is 63.7 Å². The molecule has 11 nitrogen and oxygen atoms in total. The predicted molar refractivity (Wildman–Crippen MR) is 129 cm³/mol. The Bertz CT molecular complexity index is 1110. The lowest BCUT2D eigenvalue weighted by molar-refractivity contribution is -0.384. The normalized spacial score (nSPS) is 17.8. The molecule has 0 radical (unpaired) electrons. The van der Waals surface area contributed by atoms with Crippen LogP contribution in [-0.2, 0) is 4.79 Å². The fraction of sp³-hybridized carbons (Fsp3) is 0.375. The molecule has 0 saturated carbocycles. The highest BCUT2D eigenvalue weighted by Gasteiger charge is 2.35. The second-order valence-corrected chi connectivity index (χ2v) is 9.06. The first kappa shape index (κ1) is 25.8. The van der Waals surface area contributed by atoms with E-state index in [0.29, 0.717) is 24.3 Å². The third kappa shape index (κ3) is 6.84. The van der Waals surface area contributed by atoms with E-state index in [1.165, 1.54) is 30.5 Å². The van der Waals surface area contributed by atoms with Crippen LogP contribution in [-0.4, -0.2) is 41.7 Å². The maximum absolute atomic E-state index is 12.5. The van der Waals surface area contributed by atoms with Gasteiger partial charge in [0.1, 0.15) is 6.04 Å². The summed E-state index contributed by atoms with van der Waals surface area (Å²) in [6.07, 6.45) is 2.11. The van der Waals surface area contributed by atoms with Gasteiger partial charge >= 0.3 is 5.97 Å². The van der Waals surface area contributed by atoms with Gasteiger partial charge in [0.25, 0.3) is 11.6 Å². The number of amides is 1. The predicted octanol–water partition coefficient (Wildman–Crippen LogP) is 2.94. The second-order valence-electron chi connectivity index (χ2n) is 9.06. The molecular weight excluding hydrogens is 454 g/mol. The number of nitrogens with zero attached hydrogens (tertiary/aromatic N) is 2. The van der Waals surface area contributed by atoms with Crippen molar-refractivity contribution in [3.8, 4) is 11.5 Å². The Kier molecular flexibility index (Phi) is 8.15. The number of nitro benzene ring substituents is 1. The van der Waals surface area contributed by atoms with Crippen LogP contribution in [0.3, 0.4) is 0 Å². The molecule has 1 fully saturated rings. The van der Waals surface area contributed by atoms with Crippen molar-refractivity contribution in [2.75, 3.05) is 6.61 Å². The van der Waals surface area contributed by atoms with E-state index < -0.39 is 16.9 Å². The molecule has 1 saturated heterocycles. The molecule has 2 unspecified atom stereocenters. The van der Waals surface area contributed by atoms with Crippen LogP contribution in [0.2, 0.25) is 0 Å². The number of esters is 1. The summed E-state index contributed by atoms with van der Waals surface area (Å²) in [6.45, 7) is 8.43. The molecule has 11 heteroatoms. The maximum atomic E-state index is 12.5. The first-order valence-corrected chi connectivity index (χ1v) is 11.2. The molecule has 2 aromatic carbocycles. The standard InChI is InChI=1S/C24H29N5O6/c1-5-34-20-12-15(14-25-28-22(30)18-13-21(27-26-18)24(2,3)4)6-11-19(20)35-23(31)16-7-9-17(10-8-16)29(32)33/h6-12,14,18,21,26-27H,5,13H2,1-4H3,(H,28,30)/b25-14+. The third-order valence-electron chi connectivity index (χ3n) is 5.44. The Morgan fingerprint density at radius 3 is 2.49 bits per heavy atom. The molecule has 1 aliphatic heterocycles. The van der Waals surface area contributed by atoms with Crippen molar-refractivity contribution in [1.82, 2.24) is 16.3 Å². The number of rotatable bonds is 8. The number of nitrogens with one attached hydrogen (secondary N) is 3. The first-order chi connectivity index (χ1) is 16.6. The van der Waals surface area contributed by atoms with E-state index in [9.17, 15) is 19.7 Å². The number of carbonyl (C=O) groups excluding carboxylic acids is 2. The number of hydrogen-bond acceptors (Lipinski definition) is 9. The van der Waals surface area contributed by atoms with Gasteiger partial charge in [-0.15, -0.1) is 0 Å². The molecule has 0 spiro atoms. The van der Waals surface area contributed by atoms with Gasteiger partial charge in [-0.05, 0) is 54.7 Å². The third-order valence-corrected chi connectivity index (χ3v) is 5.44. The highest BCUT2D eigenvalue weighted by molar-refractivity contribution is 5.92. The highest BCUT2D eigenvalue weighted by Crippen LogP contribution is 2.29. The summed E-state index contributed by atoms with van der Waals surface area (Å²) in [5.41, 5.74) is 9.35. The summed E-state index contributed by atoms with van der Waals surface area (Å²) < 4.78 is 11.0. The van der Waals surface area contributed by atoms with Gasteiger partial charge in [-0.2, -0.15) is 5.10 Å². The van der Waals surface area contributed by atoms with E-state index in [-0.39, 0.29) is 34.4 Å². The first-order valence-electron chi connectivity index (χ1n) is 11.2. The minimum absolute atomic E-state index is 0.0185. The lowest BCUT2D eigenvalue weighted by Crippen LogP contribution is -2.43. The van der Waals surface area contributed by atoms with Crippen molar-refractivity contribution < 1.29 is 24.0 Å². The van der Waals surface area contributed by atoms with Crippen LogP contribution in [0.5, 0.6) is 11.5 Å². The van der Waals surface area contributed by atoms with Gasteiger partial charge in [0.15, 0.2) is 11.5 Å². The molecule has 1 amide bonds. The summed E-state index contributed by atoms with van der Waals surface area (Å²) >= 11 is 0. The number of hydrogen-bond donors (Lipinski definition) is 3. The summed E-state index contributed by atoms with van der Waals surface area (Å²) in [7, 11) is 0. The Morgan fingerprint density at radius 1 is 1.17 bits per heavy atom. The van der Waals surface area contributed by atoms with Gasteiger partial charge in [-0.25, -0.2) is 15.6 Å². The average molecular weight is 484 g/mol. The van der Waals surface area contributed by atoms with Crippen LogP contribution < -0.4 is 25.8 Å². The van der Waals surface area contributed by atoms with E-state index in [2.05, 4.69) is 42.1 Å². The van der Waals surface area contributed by atoms with Crippen molar-refractivity contribution >= 4 is 23.8 Å². The Balaban J connectivity index is 1.63. The Hall–Kier alpha value is -3.83. The molecule has 0 aromatic heterocycles. The van der Waals surface area contributed by atoms with Gasteiger partial charge in [-0.1, -0.05) is 20.8 Å². The number of benzene rings is 2. The maximum Gasteiger partial charge on any atom is 0.343 e. The summed E-state index contributed by atoms with van der Waals surface area (Å²) in [5, 5.41) is 14.8. The highest BCUT2D eigenvalue weighted by atomic mass is 16.6. The second kappa shape index (κ2) is 11.1. The lowest BCUT2D eigenvalue weighted by Gasteiger charge is -2.25. The van der Waals surface area contributed by atoms with E-state index in [1.54, 1.807) is 25.1 Å². The largest absolute Gasteiger partial charge is 0.490 e. The smallest absolute Gasteiger partial charge is 0.343 e. The molecule has 2 aromatic rings.